The Labute approximate surface area is 130 Å². The smallest absolute Gasteiger partial charge is 0.262 e. The molecule has 0 fully saturated rings. The molecule has 1 N–H and O–H groups in total. The van der Waals surface area contributed by atoms with Gasteiger partial charge in [-0.3, -0.25) is 4.79 Å². The molecule has 0 spiro atoms. The van der Waals surface area contributed by atoms with E-state index in [1.165, 1.54) is 0 Å². The number of benzene rings is 1. The van der Waals surface area contributed by atoms with E-state index in [1.807, 2.05) is 35.5 Å². The third-order valence-electron chi connectivity index (χ3n) is 3.49. The summed E-state index contributed by atoms with van der Waals surface area (Å²) >= 11 is 1.61. The lowest BCUT2D eigenvalue weighted by molar-refractivity contribution is -0.118. The Hall–Kier alpha value is -2.48. The molecule has 1 aromatic heterocycles. The van der Waals surface area contributed by atoms with Gasteiger partial charge in [0, 0.05) is 11.1 Å². The van der Waals surface area contributed by atoms with Crippen LogP contribution < -0.4 is 15.1 Å². The second-order valence-electron chi connectivity index (χ2n) is 5.12. The Kier molecular flexibility index (Phi) is 3.04. The van der Waals surface area contributed by atoms with E-state index in [2.05, 4.69) is 20.6 Å². The van der Waals surface area contributed by atoms with Crippen LogP contribution in [0.2, 0.25) is 0 Å². The number of nitrogens with one attached hydrogen (secondary N) is 1. The molecule has 7 nitrogen and oxygen atoms in total. The largest absolute Gasteiger partial charge is 0.482 e. The monoisotopic (exact) mass is 315 g/mol. The van der Waals surface area contributed by atoms with Gasteiger partial charge >= 0.3 is 0 Å². The van der Waals surface area contributed by atoms with Crippen molar-refractivity contribution in [3.63, 3.8) is 0 Å². The van der Waals surface area contributed by atoms with Gasteiger partial charge < -0.3 is 10.1 Å². The highest BCUT2D eigenvalue weighted by Crippen LogP contribution is 2.38. The highest BCUT2D eigenvalue weighted by atomic mass is 32.1. The Morgan fingerprint density at radius 3 is 3.18 bits per heavy atom. The Bertz CT molecular complexity index is 772. The molecule has 0 radical (unpaired) electrons. The van der Waals surface area contributed by atoms with Crippen molar-refractivity contribution in [2.75, 3.05) is 23.5 Å². The number of nitrogens with zero attached hydrogens (tertiary/aromatic N) is 4. The van der Waals surface area contributed by atoms with Gasteiger partial charge in [0.15, 0.2) is 6.61 Å². The number of carbonyl (C=O) groups excluding carboxylic acids is 1. The standard InChI is InChI=1S/C14H13N5O2S/c1-8-7-22-14(16-8)11-5-15-18-19(11)9-2-3-12-10(4-9)17-13(20)6-21-12/h2-4,7,11H,5-6H2,1H3,(H,17,20). The molecule has 112 valence electrons. The van der Waals surface area contributed by atoms with Crippen molar-refractivity contribution in [3.8, 4) is 5.75 Å². The molecule has 0 saturated heterocycles. The number of hydrogen-bond acceptors (Lipinski definition) is 7. The van der Waals surface area contributed by atoms with Crippen LogP contribution in [0, 0.1) is 6.92 Å². The van der Waals surface area contributed by atoms with E-state index in [9.17, 15) is 4.79 Å². The average Bonchev–Trinajstić information content (AvgIpc) is 3.14. The fourth-order valence-electron chi connectivity index (χ4n) is 2.47. The fraction of sp³-hybridized carbons (Fsp3) is 0.286. The number of aryl methyl sites for hydroxylation is 1. The zero-order valence-corrected chi connectivity index (χ0v) is 12.6. The number of thiazole rings is 1. The van der Waals surface area contributed by atoms with Crippen molar-refractivity contribution >= 4 is 28.6 Å². The molecule has 0 bridgehead atoms. The first-order chi connectivity index (χ1) is 10.7. The third kappa shape index (κ3) is 2.21. The van der Waals surface area contributed by atoms with Crippen LogP contribution in [-0.2, 0) is 4.79 Å². The molecular weight excluding hydrogens is 302 g/mol. The lowest BCUT2D eigenvalue weighted by Gasteiger charge is -2.23. The first-order valence-corrected chi connectivity index (χ1v) is 7.74. The highest BCUT2D eigenvalue weighted by Gasteiger charge is 2.29. The van der Waals surface area contributed by atoms with Crippen LogP contribution >= 0.6 is 11.3 Å². The molecule has 4 rings (SSSR count). The fourth-order valence-corrected chi connectivity index (χ4v) is 3.35. The minimum absolute atomic E-state index is 0.00281. The van der Waals surface area contributed by atoms with Gasteiger partial charge in [0.05, 0.1) is 17.9 Å². The first kappa shape index (κ1) is 13.2. The number of rotatable bonds is 2. The summed E-state index contributed by atoms with van der Waals surface area (Å²) in [5, 5.41) is 16.0. The van der Waals surface area contributed by atoms with Crippen LogP contribution in [0.1, 0.15) is 16.7 Å². The van der Waals surface area contributed by atoms with Crippen molar-refractivity contribution in [3.05, 3.63) is 34.3 Å². The van der Waals surface area contributed by atoms with Gasteiger partial charge in [-0.2, -0.15) is 5.11 Å². The minimum atomic E-state index is -0.153. The third-order valence-corrected chi connectivity index (χ3v) is 4.56. The molecule has 2 aromatic rings. The van der Waals surface area contributed by atoms with Crippen LogP contribution in [0.5, 0.6) is 5.75 Å². The summed E-state index contributed by atoms with van der Waals surface area (Å²) in [6.45, 7) is 2.60. The van der Waals surface area contributed by atoms with Gasteiger partial charge in [0.1, 0.15) is 16.8 Å². The summed E-state index contributed by atoms with van der Waals surface area (Å²) in [6.07, 6.45) is 0. The Morgan fingerprint density at radius 2 is 2.36 bits per heavy atom. The van der Waals surface area contributed by atoms with Gasteiger partial charge in [-0.15, -0.1) is 11.3 Å². The molecule has 2 aliphatic heterocycles. The number of fused-ring (bicyclic) bond motifs is 1. The van der Waals surface area contributed by atoms with Crippen LogP contribution in [0.4, 0.5) is 11.4 Å². The van der Waals surface area contributed by atoms with Gasteiger partial charge in [0.2, 0.25) is 0 Å². The van der Waals surface area contributed by atoms with Crippen molar-refractivity contribution in [1.29, 1.82) is 0 Å². The number of amides is 1. The van der Waals surface area contributed by atoms with Crippen molar-refractivity contribution in [2.24, 2.45) is 10.3 Å². The quantitative estimate of drug-likeness (QED) is 0.924. The number of hydrogen-bond donors (Lipinski definition) is 1. The maximum Gasteiger partial charge on any atom is 0.262 e. The van der Waals surface area contributed by atoms with Crippen LogP contribution in [0.15, 0.2) is 33.9 Å². The number of carbonyl (C=O) groups is 1. The second kappa shape index (κ2) is 5.06. The molecule has 3 heterocycles. The molecular formula is C14H13N5O2S. The molecule has 1 atom stereocenters. The molecule has 1 unspecified atom stereocenters. The Balaban J connectivity index is 1.67. The molecule has 22 heavy (non-hydrogen) atoms. The summed E-state index contributed by atoms with van der Waals surface area (Å²) < 4.78 is 5.37. The highest BCUT2D eigenvalue weighted by molar-refractivity contribution is 7.09. The summed E-state index contributed by atoms with van der Waals surface area (Å²) in [4.78, 5) is 16.0. The average molecular weight is 315 g/mol. The summed E-state index contributed by atoms with van der Waals surface area (Å²) in [5.41, 5.74) is 2.51. The molecule has 8 heteroatoms. The maximum absolute atomic E-state index is 11.4. The Morgan fingerprint density at radius 1 is 1.45 bits per heavy atom. The SMILES string of the molecule is Cc1csc(C2CN=NN2c2ccc3c(c2)NC(=O)CO3)n1. The van der Waals surface area contributed by atoms with Gasteiger partial charge in [-0.25, -0.2) is 9.99 Å². The van der Waals surface area contributed by atoms with E-state index in [-0.39, 0.29) is 18.6 Å². The zero-order chi connectivity index (χ0) is 15.1. The molecule has 1 aromatic carbocycles. The normalized spacial score (nSPS) is 19.8. The van der Waals surface area contributed by atoms with Crippen LogP contribution in [0.3, 0.4) is 0 Å². The van der Waals surface area contributed by atoms with Gasteiger partial charge in [-0.1, -0.05) is 5.22 Å². The summed E-state index contributed by atoms with van der Waals surface area (Å²) in [5.74, 6) is 0.515. The van der Waals surface area contributed by atoms with E-state index in [4.69, 9.17) is 4.74 Å². The van der Waals surface area contributed by atoms with E-state index < -0.39 is 0 Å². The van der Waals surface area contributed by atoms with Crippen LogP contribution in [-0.4, -0.2) is 24.0 Å². The second-order valence-corrected chi connectivity index (χ2v) is 6.01. The molecule has 1 amide bonds. The molecule has 2 aliphatic rings. The number of ether oxygens (including phenoxy) is 1. The maximum atomic E-state index is 11.4. The first-order valence-electron chi connectivity index (χ1n) is 6.86. The summed E-state index contributed by atoms with van der Waals surface area (Å²) in [7, 11) is 0. The number of anilines is 2. The minimum Gasteiger partial charge on any atom is -0.482 e. The van der Waals surface area contributed by atoms with Crippen LogP contribution in [0.25, 0.3) is 0 Å². The van der Waals surface area contributed by atoms with Crippen molar-refractivity contribution in [1.82, 2.24) is 4.98 Å². The molecule has 0 aliphatic carbocycles. The van der Waals surface area contributed by atoms with Crippen molar-refractivity contribution in [2.45, 2.75) is 13.0 Å². The molecule has 0 saturated carbocycles. The topological polar surface area (TPSA) is 79.2 Å². The lowest BCUT2D eigenvalue weighted by atomic mass is 10.2. The van der Waals surface area contributed by atoms with E-state index >= 15 is 0 Å². The van der Waals surface area contributed by atoms with E-state index in [0.29, 0.717) is 18.0 Å². The summed E-state index contributed by atoms with van der Waals surface area (Å²) in [6, 6.07) is 5.59. The van der Waals surface area contributed by atoms with Crippen molar-refractivity contribution < 1.29 is 9.53 Å². The predicted octanol–water partition coefficient (Wildman–Crippen LogP) is 2.71. The van der Waals surface area contributed by atoms with Gasteiger partial charge in [0.25, 0.3) is 5.91 Å². The van der Waals surface area contributed by atoms with Gasteiger partial charge in [-0.05, 0) is 25.1 Å². The van der Waals surface area contributed by atoms with E-state index in [1.54, 1.807) is 11.3 Å². The number of aromatic nitrogens is 1. The lowest BCUT2D eigenvalue weighted by Crippen LogP contribution is -2.26. The van der Waals surface area contributed by atoms with E-state index in [0.717, 1.165) is 16.4 Å². The predicted molar refractivity (Wildman–Crippen MR) is 82.4 cm³/mol. The zero-order valence-electron chi connectivity index (χ0n) is 11.8.